The van der Waals surface area contributed by atoms with E-state index in [0.717, 1.165) is 0 Å². The molecule has 0 heterocycles. The number of methoxy groups -OCH3 is 2. The molecule has 0 saturated carbocycles. The van der Waals surface area contributed by atoms with Crippen LogP contribution in [0.3, 0.4) is 0 Å². The van der Waals surface area contributed by atoms with Crippen molar-refractivity contribution in [2.45, 2.75) is 0 Å². The van der Waals surface area contributed by atoms with Gasteiger partial charge in [-0.2, -0.15) is 0 Å². The van der Waals surface area contributed by atoms with Crippen molar-refractivity contribution < 1.29 is 23.9 Å². The molecule has 2 rings (SSSR count). The number of primary amides is 1. The van der Waals surface area contributed by atoms with Crippen LogP contribution in [0.5, 0.6) is 5.75 Å². The Balaban J connectivity index is 1.95. The number of benzene rings is 2. The van der Waals surface area contributed by atoms with Crippen molar-refractivity contribution in [3.8, 4) is 5.75 Å². The number of carbonyl (C=O) groups excluding carboxylic acids is 3. The van der Waals surface area contributed by atoms with Crippen LogP contribution in [-0.4, -0.2) is 63.1 Å². The summed E-state index contributed by atoms with van der Waals surface area (Å²) >= 11 is 0. The zero-order valence-corrected chi connectivity index (χ0v) is 17.0. The molecule has 0 bridgehead atoms. The van der Waals surface area contributed by atoms with Gasteiger partial charge in [0.2, 0.25) is 11.8 Å². The largest absolute Gasteiger partial charge is 0.495 e. The van der Waals surface area contributed by atoms with Crippen LogP contribution in [0.2, 0.25) is 0 Å². The molecule has 0 aromatic heterocycles. The lowest BCUT2D eigenvalue weighted by atomic mass is 10.2. The average Bonchev–Trinajstić information content (AvgIpc) is 2.72. The number of amides is 3. The number of hydrogen-bond donors (Lipinski definition) is 3. The number of nitrogens with zero attached hydrogens (tertiary/aromatic N) is 1. The molecule has 2 aromatic rings. The Morgan fingerprint density at radius 1 is 0.967 bits per heavy atom. The molecular formula is C21H26N4O5. The molecule has 0 unspecified atom stereocenters. The zero-order valence-electron chi connectivity index (χ0n) is 17.0. The highest BCUT2D eigenvalue weighted by atomic mass is 16.5. The van der Waals surface area contributed by atoms with Gasteiger partial charge >= 0.3 is 0 Å². The van der Waals surface area contributed by atoms with Crippen LogP contribution in [0.4, 0.5) is 11.4 Å². The van der Waals surface area contributed by atoms with Crippen LogP contribution in [-0.2, 0) is 14.3 Å². The first kappa shape index (κ1) is 22.9. The molecule has 0 radical (unpaired) electrons. The number of para-hydroxylation sites is 2. The topological polar surface area (TPSA) is 123 Å². The summed E-state index contributed by atoms with van der Waals surface area (Å²) < 4.78 is 10.2. The Bertz CT molecular complexity index is 870. The second-order valence-electron chi connectivity index (χ2n) is 6.45. The monoisotopic (exact) mass is 414 g/mol. The van der Waals surface area contributed by atoms with Gasteiger partial charge in [0, 0.05) is 24.9 Å². The summed E-state index contributed by atoms with van der Waals surface area (Å²) in [5.41, 5.74) is 6.73. The van der Waals surface area contributed by atoms with Crippen molar-refractivity contribution in [2.24, 2.45) is 5.73 Å². The number of hydrogen-bond acceptors (Lipinski definition) is 6. The van der Waals surface area contributed by atoms with Crippen LogP contribution < -0.4 is 21.1 Å². The second-order valence-corrected chi connectivity index (χ2v) is 6.45. The van der Waals surface area contributed by atoms with E-state index in [0.29, 0.717) is 35.8 Å². The summed E-state index contributed by atoms with van der Waals surface area (Å²) in [6.45, 7) is 0.715. The molecular weight excluding hydrogens is 388 g/mol. The summed E-state index contributed by atoms with van der Waals surface area (Å²) in [6, 6.07) is 13.6. The van der Waals surface area contributed by atoms with E-state index in [1.807, 2.05) is 6.07 Å². The third-order valence-electron chi connectivity index (χ3n) is 4.14. The minimum Gasteiger partial charge on any atom is -0.495 e. The third-order valence-corrected chi connectivity index (χ3v) is 4.14. The van der Waals surface area contributed by atoms with Gasteiger partial charge in [0.25, 0.3) is 5.91 Å². The molecule has 0 aliphatic carbocycles. The Hall–Kier alpha value is -3.43. The summed E-state index contributed by atoms with van der Waals surface area (Å²) in [6.07, 6.45) is 0. The highest BCUT2D eigenvalue weighted by Crippen LogP contribution is 2.23. The van der Waals surface area contributed by atoms with Gasteiger partial charge in [-0.25, -0.2) is 0 Å². The predicted octanol–water partition coefficient (Wildman–Crippen LogP) is 1.32. The van der Waals surface area contributed by atoms with Gasteiger partial charge in [-0.1, -0.05) is 12.1 Å². The molecule has 9 heteroatoms. The fourth-order valence-corrected chi connectivity index (χ4v) is 2.71. The third kappa shape index (κ3) is 7.19. The van der Waals surface area contributed by atoms with E-state index in [1.54, 1.807) is 47.4 Å². The lowest BCUT2D eigenvalue weighted by Crippen LogP contribution is -2.40. The van der Waals surface area contributed by atoms with Gasteiger partial charge in [-0.15, -0.1) is 0 Å². The van der Waals surface area contributed by atoms with Gasteiger partial charge < -0.3 is 25.8 Å². The summed E-state index contributed by atoms with van der Waals surface area (Å²) in [7, 11) is 3.07. The minimum atomic E-state index is -0.524. The van der Waals surface area contributed by atoms with E-state index in [-0.39, 0.29) is 24.9 Å². The molecule has 9 nitrogen and oxygen atoms in total. The van der Waals surface area contributed by atoms with Gasteiger partial charge in [0.1, 0.15) is 5.75 Å². The Kier molecular flexibility index (Phi) is 8.79. The highest BCUT2D eigenvalue weighted by molar-refractivity contribution is 6.05. The van der Waals surface area contributed by atoms with Crippen LogP contribution >= 0.6 is 0 Å². The summed E-state index contributed by atoms with van der Waals surface area (Å²) in [5, 5.41) is 5.52. The van der Waals surface area contributed by atoms with Crippen molar-refractivity contribution in [1.82, 2.24) is 4.90 Å². The lowest BCUT2D eigenvalue weighted by molar-refractivity contribution is -0.121. The predicted molar refractivity (Wildman–Crippen MR) is 114 cm³/mol. The minimum absolute atomic E-state index is 0.0116. The highest BCUT2D eigenvalue weighted by Gasteiger charge is 2.14. The maximum absolute atomic E-state index is 12.4. The van der Waals surface area contributed by atoms with Crippen molar-refractivity contribution in [3.63, 3.8) is 0 Å². The molecule has 30 heavy (non-hydrogen) atoms. The van der Waals surface area contributed by atoms with E-state index in [4.69, 9.17) is 15.2 Å². The number of carbonyl (C=O) groups is 3. The normalized spacial score (nSPS) is 10.5. The van der Waals surface area contributed by atoms with Crippen molar-refractivity contribution in [3.05, 3.63) is 54.1 Å². The number of nitrogens with one attached hydrogen (secondary N) is 2. The molecule has 0 aliphatic rings. The molecule has 0 saturated heterocycles. The number of rotatable bonds is 11. The van der Waals surface area contributed by atoms with Crippen LogP contribution in [0.25, 0.3) is 0 Å². The van der Waals surface area contributed by atoms with E-state index >= 15 is 0 Å². The standard InChI is InChI=1S/C21H26N4O5/c1-29-12-11-25(13-19(22)26)14-20(27)23-16-9-7-15(8-10-16)21(28)24-17-5-3-4-6-18(17)30-2/h3-10H,11-14H2,1-2H3,(H2,22,26)(H,23,27)(H,24,28). The molecule has 0 spiro atoms. The molecule has 3 amide bonds. The van der Waals surface area contributed by atoms with Crippen molar-refractivity contribution in [2.75, 3.05) is 51.1 Å². The van der Waals surface area contributed by atoms with Gasteiger partial charge in [0.05, 0.1) is 32.5 Å². The number of nitrogens with two attached hydrogens (primary N) is 1. The Morgan fingerprint density at radius 3 is 2.30 bits per heavy atom. The average molecular weight is 414 g/mol. The molecule has 0 atom stereocenters. The number of anilines is 2. The van der Waals surface area contributed by atoms with Crippen molar-refractivity contribution >= 4 is 29.1 Å². The first-order valence-electron chi connectivity index (χ1n) is 9.26. The fraction of sp³-hybridized carbons (Fsp3) is 0.286. The molecule has 0 fully saturated rings. The summed E-state index contributed by atoms with van der Waals surface area (Å²) in [4.78, 5) is 37.4. The molecule has 0 aliphatic heterocycles. The molecule has 160 valence electrons. The van der Waals surface area contributed by atoms with E-state index < -0.39 is 5.91 Å². The summed E-state index contributed by atoms with van der Waals surface area (Å²) in [5.74, 6) is -0.573. The SMILES string of the molecule is COCCN(CC(N)=O)CC(=O)Nc1ccc(C(=O)Nc2ccccc2OC)cc1. The van der Waals surface area contributed by atoms with Gasteiger partial charge in [-0.3, -0.25) is 19.3 Å². The van der Waals surface area contributed by atoms with Crippen LogP contribution in [0.1, 0.15) is 10.4 Å². The maximum Gasteiger partial charge on any atom is 0.255 e. The second kappa shape index (κ2) is 11.5. The Labute approximate surface area is 175 Å². The van der Waals surface area contributed by atoms with Gasteiger partial charge in [0.15, 0.2) is 0 Å². The number of ether oxygens (including phenoxy) is 2. The van der Waals surface area contributed by atoms with E-state index in [1.165, 1.54) is 14.2 Å². The molecule has 2 aromatic carbocycles. The van der Waals surface area contributed by atoms with Gasteiger partial charge in [-0.05, 0) is 36.4 Å². The zero-order chi connectivity index (χ0) is 21.9. The van der Waals surface area contributed by atoms with Crippen LogP contribution in [0.15, 0.2) is 48.5 Å². The first-order chi connectivity index (χ1) is 14.4. The maximum atomic E-state index is 12.4. The quantitative estimate of drug-likeness (QED) is 0.510. The first-order valence-corrected chi connectivity index (χ1v) is 9.26. The fourth-order valence-electron chi connectivity index (χ4n) is 2.71. The van der Waals surface area contributed by atoms with Crippen molar-refractivity contribution in [1.29, 1.82) is 0 Å². The van der Waals surface area contributed by atoms with E-state index in [2.05, 4.69) is 10.6 Å². The smallest absolute Gasteiger partial charge is 0.255 e. The van der Waals surface area contributed by atoms with Crippen LogP contribution in [0, 0.1) is 0 Å². The lowest BCUT2D eigenvalue weighted by Gasteiger charge is -2.19. The Morgan fingerprint density at radius 2 is 1.67 bits per heavy atom. The molecule has 4 N–H and O–H groups in total. The van der Waals surface area contributed by atoms with E-state index in [9.17, 15) is 14.4 Å².